The normalized spacial score (nSPS) is 12.6. The van der Waals surface area contributed by atoms with E-state index in [1.807, 2.05) is 12.6 Å². The highest BCUT2D eigenvalue weighted by molar-refractivity contribution is 9.10. The minimum Gasteiger partial charge on any atom is -0.319 e. The first kappa shape index (κ1) is 14.7. The largest absolute Gasteiger partial charge is 0.319 e. The number of nitrogens with zero attached hydrogens (tertiary/aromatic N) is 1. The highest BCUT2D eigenvalue weighted by atomic mass is 79.9. The fourth-order valence-electron chi connectivity index (χ4n) is 2.24. The summed E-state index contributed by atoms with van der Waals surface area (Å²) in [5.74, 6) is 0.555. The molecule has 2 nitrogen and oxygen atoms in total. The van der Waals surface area contributed by atoms with Gasteiger partial charge >= 0.3 is 0 Å². The smallest absolute Gasteiger partial charge is 0.0797 e. The van der Waals surface area contributed by atoms with E-state index >= 15 is 0 Å². The molecule has 2 rings (SSSR count). The minimum atomic E-state index is 0.555. The van der Waals surface area contributed by atoms with Gasteiger partial charge in [-0.3, -0.25) is 0 Å². The first-order valence-electron chi connectivity index (χ1n) is 6.49. The van der Waals surface area contributed by atoms with Gasteiger partial charge in [-0.25, -0.2) is 4.98 Å². The van der Waals surface area contributed by atoms with Gasteiger partial charge in [-0.05, 0) is 50.4 Å². The SMILES string of the molecule is CNCC(CCc1scnc1C)c1ccc(Br)cc1. The lowest BCUT2D eigenvalue weighted by Gasteiger charge is -2.17. The molecule has 1 aromatic heterocycles. The molecule has 0 amide bonds. The molecule has 19 heavy (non-hydrogen) atoms. The standard InChI is InChI=1S/C15H19BrN2S/c1-11-15(19-10-18-11)8-5-13(9-17-2)12-3-6-14(16)7-4-12/h3-4,6-7,10,13,17H,5,8-9H2,1-2H3. The number of nitrogens with one attached hydrogen (secondary N) is 1. The molecule has 4 heteroatoms. The van der Waals surface area contributed by atoms with E-state index in [4.69, 9.17) is 0 Å². The van der Waals surface area contributed by atoms with E-state index in [-0.39, 0.29) is 0 Å². The quantitative estimate of drug-likeness (QED) is 0.855. The Hall–Kier alpha value is -0.710. The van der Waals surface area contributed by atoms with Crippen molar-refractivity contribution in [2.45, 2.75) is 25.7 Å². The van der Waals surface area contributed by atoms with Crippen molar-refractivity contribution < 1.29 is 0 Å². The number of benzene rings is 1. The third-order valence-corrected chi connectivity index (χ3v) is 4.88. The summed E-state index contributed by atoms with van der Waals surface area (Å²) in [6.07, 6.45) is 2.27. The van der Waals surface area contributed by atoms with Gasteiger partial charge in [0.25, 0.3) is 0 Å². The second kappa shape index (κ2) is 7.17. The van der Waals surface area contributed by atoms with Crippen molar-refractivity contribution in [1.82, 2.24) is 10.3 Å². The zero-order chi connectivity index (χ0) is 13.7. The van der Waals surface area contributed by atoms with Crippen LogP contribution in [-0.2, 0) is 6.42 Å². The molecule has 0 saturated carbocycles. The Bertz CT molecular complexity index is 507. The number of rotatable bonds is 6. The van der Waals surface area contributed by atoms with Crippen molar-refractivity contribution in [2.24, 2.45) is 0 Å². The van der Waals surface area contributed by atoms with E-state index in [0.717, 1.165) is 23.9 Å². The summed E-state index contributed by atoms with van der Waals surface area (Å²) in [7, 11) is 2.02. The molecular weight excluding hydrogens is 320 g/mol. The van der Waals surface area contributed by atoms with Gasteiger partial charge in [-0.1, -0.05) is 28.1 Å². The molecule has 2 aromatic rings. The first-order valence-corrected chi connectivity index (χ1v) is 8.17. The maximum atomic E-state index is 4.32. The average Bonchev–Trinajstić information content (AvgIpc) is 2.81. The van der Waals surface area contributed by atoms with Gasteiger partial charge < -0.3 is 5.32 Å². The van der Waals surface area contributed by atoms with Crippen molar-refractivity contribution in [3.63, 3.8) is 0 Å². The summed E-state index contributed by atoms with van der Waals surface area (Å²) in [6.45, 7) is 3.11. The van der Waals surface area contributed by atoms with Crippen LogP contribution in [0.25, 0.3) is 0 Å². The van der Waals surface area contributed by atoms with Crippen LogP contribution in [0.15, 0.2) is 34.2 Å². The van der Waals surface area contributed by atoms with Crippen LogP contribution in [0, 0.1) is 6.92 Å². The van der Waals surface area contributed by atoms with Crippen LogP contribution in [0.1, 0.15) is 28.5 Å². The van der Waals surface area contributed by atoms with E-state index < -0.39 is 0 Å². The van der Waals surface area contributed by atoms with Crippen LogP contribution in [-0.4, -0.2) is 18.6 Å². The molecule has 0 radical (unpaired) electrons. The lowest BCUT2D eigenvalue weighted by atomic mass is 9.93. The fourth-order valence-corrected chi connectivity index (χ4v) is 3.30. The van der Waals surface area contributed by atoms with Crippen LogP contribution in [0.5, 0.6) is 0 Å². The molecule has 102 valence electrons. The number of thiazole rings is 1. The molecule has 0 saturated heterocycles. The van der Waals surface area contributed by atoms with Crippen molar-refractivity contribution in [2.75, 3.05) is 13.6 Å². The summed E-state index contributed by atoms with van der Waals surface area (Å²) in [6, 6.07) is 8.67. The van der Waals surface area contributed by atoms with Gasteiger partial charge in [-0.15, -0.1) is 11.3 Å². The molecule has 0 fully saturated rings. The number of likely N-dealkylation sites (N-methyl/N-ethyl adjacent to an activating group) is 1. The number of hydrogen-bond donors (Lipinski definition) is 1. The van der Waals surface area contributed by atoms with Crippen LogP contribution in [0.4, 0.5) is 0 Å². The molecule has 1 unspecified atom stereocenters. The molecule has 0 spiro atoms. The average molecular weight is 339 g/mol. The molecular formula is C15H19BrN2S. The highest BCUT2D eigenvalue weighted by Crippen LogP contribution is 2.25. The Labute approximate surface area is 127 Å². The first-order chi connectivity index (χ1) is 9.20. The Kier molecular flexibility index (Phi) is 5.55. The summed E-state index contributed by atoms with van der Waals surface area (Å²) in [4.78, 5) is 5.74. The maximum absolute atomic E-state index is 4.32. The predicted molar refractivity (Wildman–Crippen MR) is 86.0 cm³/mol. The third-order valence-electron chi connectivity index (χ3n) is 3.36. The predicted octanol–water partition coefficient (Wildman–Crippen LogP) is 4.15. The molecule has 0 aliphatic heterocycles. The zero-order valence-corrected chi connectivity index (χ0v) is 13.7. The zero-order valence-electron chi connectivity index (χ0n) is 11.3. The van der Waals surface area contributed by atoms with Crippen molar-refractivity contribution in [1.29, 1.82) is 0 Å². The van der Waals surface area contributed by atoms with Gasteiger partial charge in [-0.2, -0.15) is 0 Å². The maximum Gasteiger partial charge on any atom is 0.0797 e. The Morgan fingerprint density at radius 2 is 2.05 bits per heavy atom. The van der Waals surface area contributed by atoms with Crippen LogP contribution in [0.2, 0.25) is 0 Å². The Balaban J connectivity index is 2.04. The van der Waals surface area contributed by atoms with E-state index in [9.17, 15) is 0 Å². The highest BCUT2D eigenvalue weighted by Gasteiger charge is 2.12. The van der Waals surface area contributed by atoms with Crippen LogP contribution < -0.4 is 5.32 Å². The monoisotopic (exact) mass is 338 g/mol. The van der Waals surface area contributed by atoms with E-state index in [2.05, 4.69) is 57.4 Å². The fraction of sp³-hybridized carbons (Fsp3) is 0.400. The molecule has 0 aliphatic carbocycles. The van der Waals surface area contributed by atoms with Gasteiger partial charge in [0.2, 0.25) is 0 Å². The van der Waals surface area contributed by atoms with E-state index in [1.54, 1.807) is 11.3 Å². The van der Waals surface area contributed by atoms with Gasteiger partial charge in [0.1, 0.15) is 0 Å². The number of halogens is 1. The van der Waals surface area contributed by atoms with Crippen molar-refractivity contribution in [3.05, 3.63) is 50.4 Å². The van der Waals surface area contributed by atoms with Gasteiger partial charge in [0, 0.05) is 15.9 Å². The summed E-state index contributed by atoms with van der Waals surface area (Å²) >= 11 is 5.26. The van der Waals surface area contributed by atoms with Crippen LogP contribution >= 0.6 is 27.3 Å². The lowest BCUT2D eigenvalue weighted by molar-refractivity contribution is 0.585. The number of aromatic nitrogens is 1. The summed E-state index contributed by atoms with van der Waals surface area (Å²) < 4.78 is 1.14. The molecule has 0 aliphatic rings. The second-order valence-corrected chi connectivity index (χ2v) is 6.56. The lowest BCUT2D eigenvalue weighted by Crippen LogP contribution is -2.17. The van der Waals surface area contributed by atoms with Gasteiger partial charge in [0.15, 0.2) is 0 Å². The molecule has 1 N–H and O–H groups in total. The Morgan fingerprint density at radius 3 is 2.63 bits per heavy atom. The van der Waals surface area contributed by atoms with Crippen molar-refractivity contribution in [3.8, 4) is 0 Å². The van der Waals surface area contributed by atoms with E-state index in [0.29, 0.717) is 5.92 Å². The summed E-state index contributed by atoms with van der Waals surface area (Å²) in [5.41, 5.74) is 4.53. The molecule has 0 bridgehead atoms. The third kappa shape index (κ3) is 4.13. The Morgan fingerprint density at radius 1 is 1.32 bits per heavy atom. The number of hydrogen-bond acceptors (Lipinski definition) is 3. The summed E-state index contributed by atoms with van der Waals surface area (Å²) in [5, 5.41) is 3.30. The minimum absolute atomic E-state index is 0.555. The number of aryl methyl sites for hydroxylation is 2. The second-order valence-electron chi connectivity index (χ2n) is 4.71. The van der Waals surface area contributed by atoms with Crippen LogP contribution in [0.3, 0.4) is 0 Å². The molecule has 1 heterocycles. The van der Waals surface area contributed by atoms with Gasteiger partial charge in [0.05, 0.1) is 11.2 Å². The molecule has 1 atom stereocenters. The van der Waals surface area contributed by atoms with Crippen molar-refractivity contribution >= 4 is 27.3 Å². The van der Waals surface area contributed by atoms with E-state index in [1.165, 1.54) is 16.1 Å². The topological polar surface area (TPSA) is 24.9 Å². The molecule has 1 aromatic carbocycles.